The van der Waals surface area contributed by atoms with E-state index in [4.69, 9.17) is 5.11 Å². The number of aliphatic carboxylic acids is 1. The van der Waals surface area contributed by atoms with Gasteiger partial charge in [0.1, 0.15) is 0 Å². The van der Waals surface area contributed by atoms with Crippen LogP contribution < -0.4 is 5.32 Å². The quantitative estimate of drug-likeness (QED) is 0.780. The Labute approximate surface area is 126 Å². The number of carbonyl (C=O) groups is 1. The SMILES string of the molecule is Cc1ccccc1[C@H](C)NCC1(O)CCC(C(=O)O)CC1. The highest BCUT2D eigenvalue weighted by Gasteiger charge is 2.35. The second-order valence-electron chi connectivity index (χ2n) is 6.30. The van der Waals surface area contributed by atoms with Crippen LogP contribution in [0.25, 0.3) is 0 Å². The van der Waals surface area contributed by atoms with E-state index in [1.54, 1.807) is 0 Å². The minimum Gasteiger partial charge on any atom is -0.481 e. The van der Waals surface area contributed by atoms with Crippen molar-refractivity contribution in [2.45, 2.75) is 51.2 Å². The van der Waals surface area contributed by atoms with E-state index in [1.165, 1.54) is 11.1 Å². The summed E-state index contributed by atoms with van der Waals surface area (Å²) in [4.78, 5) is 11.0. The molecule has 1 atom stereocenters. The van der Waals surface area contributed by atoms with Gasteiger partial charge in [0.2, 0.25) is 0 Å². The Morgan fingerprint density at radius 1 is 1.38 bits per heavy atom. The predicted octanol–water partition coefficient (Wildman–Crippen LogP) is 2.65. The zero-order valence-electron chi connectivity index (χ0n) is 12.8. The van der Waals surface area contributed by atoms with Crippen molar-refractivity contribution < 1.29 is 15.0 Å². The van der Waals surface area contributed by atoms with Crippen molar-refractivity contribution in [3.63, 3.8) is 0 Å². The molecule has 0 unspecified atom stereocenters. The highest BCUT2D eigenvalue weighted by atomic mass is 16.4. The zero-order chi connectivity index (χ0) is 15.5. The largest absolute Gasteiger partial charge is 0.481 e. The van der Waals surface area contributed by atoms with Crippen molar-refractivity contribution in [2.24, 2.45) is 5.92 Å². The van der Waals surface area contributed by atoms with E-state index in [0.29, 0.717) is 32.2 Å². The molecule has 116 valence electrons. The summed E-state index contributed by atoms with van der Waals surface area (Å²) < 4.78 is 0. The van der Waals surface area contributed by atoms with E-state index in [-0.39, 0.29) is 12.0 Å². The van der Waals surface area contributed by atoms with Crippen LogP contribution in [0.2, 0.25) is 0 Å². The van der Waals surface area contributed by atoms with Gasteiger partial charge in [-0.15, -0.1) is 0 Å². The molecule has 0 bridgehead atoms. The van der Waals surface area contributed by atoms with Crippen LogP contribution in [0.5, 0.6) is 0 Å². The van der Waals surface area contributed by atoms with E-state index >= 15 is 0 Å². The summed E-state index contributed by atoms with van der Waals surface area (Å²) in [5.41, 5.74) is 1.70. The maximum absolute atomic E-state index is 11.0. The molecule has 4 nitrogen and oxygen atoms in total. The molecule has 1 aliphatic rings. The van der Waals surface area contributed by atoms with Gasteiger partial charge < -0.3 is 15.5 Å². The molecule has 1 saturated carbocycles. The molecule has 0 saturated heterocycles. The first-order chi connectivity index (χ1) is 9.91. The Hall–Kier alpha value is -1.39. The van der Waals surface area contributed by atoms with Gasteiger partial charge in [-0.3, -0.25) is 4.79 Å². The summed E-state index contributed by atoms with van der Waals surface area (Å²) in [7, 11) is 0. The molecule has 1 aromatic carbocycles. The second kappa shape index (κ2) is 6.58. The van der Waals surface area contributed by atoms with E-state index in [2.05, 4.69) is 31.3 Å². The van der Waals surface area contributed by atoms with Crippen LogP contribution in [0.3, 0.4) is 0 Å². The lowest BCUT2D eigenvalue weighted by atomic mass is 9.78. The van der Waals surface area contributed by atoms with Crippen LogP contribution in [-0.2, 0) is 4.79 Å². The summed E-state index contributed by atoms with van der Waals surface area (Å²) in [6, 6.07) is 8.39. The first kappa shape index (κ1) is 16.0. The van der Waals surface area contributed by atoms with Gasteiger partial charge in [-0.1, -0.05) is 24.3 Å². The average Bonchev–Trinajstić information content (AvgIpc) is 2.46. The molecule has 0 aromatic heterocycles. The van der Waals surface area contributed by atoms with Crippen molar-refractivity contribution in [3.8, 4) is 0 Å². The average molecular weight is 291 g/mol. The zero-order valence-corrected chi connectivity index (χ0v) is 12.8. The number of carboxylic acids is 1. The molecular formula is C17H25NO3. The molecule has 0 aliphatic heterocycles. The molecule has 0 radical (unpaired) electrons. The Kier molecular flexibility index (Phi) is 5.01. The number of rotatable bonds is 5. The van der Waals surface area contributed by atoms with Crippen LogP contribution in [0.15, 0.2) is 24.3 Å². The highest BCUT2D eigenvalue weighted by Crippen LogP contribution is 2.32. The monoisotopic (exact) mass is 291 g/mol. The van der Waals surface area contributed by atoms with Gasteiger partial charge in [0, 0.05) is 12.6 Å². The first-order valence-corrected chi connectivity index (χ1v) is 7.65. The van der Waals surface area contributed by atoms with Crippen LogP contribution in [-0.4, -0.2) is 28.3 Å². The molecule has 1 aliphatic carbocycles. The van der Waals surface area contributed by atoms with Gasteiger partial charge in [0.15, 0.2) is 0 Å². The number of hydrogen-bond acceptors (Lipinski definition) is 3. The van der Waals surface area contributed by atoms with Crippen LogP contribution >= 0.6 is 0 Å². The Balaban J connectivity index is 1.88. The summed E-state index contributed by atoms with van der Waals surface area (Å²) in [5, 5.41) is 23.0. The predicted molar refractivity (Wildman–Crippen MR) is 82.1 cm³/mol. The highest BCUT2D eigenvalue weighted by molar-refractivity contribution is 5.70. The minimum absolute atomic E-state index is 0.174. The molecule has 2 rings (SSSR count). The van der Waals surface area contributed by atoms with E-state index in [0.717, 1.165) is 0 Å². The van der Waals surface area contributed by atoms with E-state index in [9.17, 15) is 9.90 Å². The number of nitrogens with one attached hydrogen (secondary N) is 1. The van der Waals surface area contributed by atoms with Crippen molar-refractivity contribution in [1.29, 1.82) is 0 Å². The fourth-order valence-electron chi connectivity index (χ4n) is 3.10. The third kappa shape index (κ3) is 4.05. The molecule has 1 fully saturated rings. The van der Waals surface area contributed by atoms with Crippen LogP contribution in [0.4, 0.5) is 0 Å². The lowest BCUT2D eigenvalue weighted by Crippen LogP contribution is -2.45. The number of carboxylic acid groups (broad SMARTS) is 1. The van der Waals surface area contributed by atoms with Gasteiger partial charge in [-0.25, -0.2) is 0 Å². The van der Waals surface area contributed by atoms with Crippen LogP contribution in [0.1, 0.15) is 49.8 Å². The molecule has 0 heterocycles. The first-order valence-electron chi connectivity index (χ1n) is 7.65. The minimum atomic E-state index is -0.775. The van der Waals surface area contributed by atoms with Crippen molar-refractivity contribution in [1.82, 2.24) is 5.32 Å². The maximum Gasteiger partial charge on any atom is 0.306 e. The maximum atomic E-state index is 11.0. The van der Waals surface area contributed by atoms with Crippen molar-refractivity contribution >= 4 is 5.97 Å². The number of hydrogen-bond donors (Lipinski definition) is 3. The lowest BCUT2D eigenvalue weighted by Gasteiger charge is -2.35. The van der Waals surface area contributed by atoms with Crippen LogP contribution in [0, 0.1) is 12.8 Å². The summed E-state index contributed by atoms with van der Waals surface area (Å²) in [6.07, 6.45) is 2.23. The fourth-order valence-corrected chi connectivity index (χ4v) is 3.10. The Morgan fingerprint density at radius 2 is 2.00 bits per heavy atom. The lowest BCUT2D eigenvalue weighted by molar-refractivity contribution is -0.144. The number of benzene rings is 1. The van der Waals surface area contributed by atoms with E-state index < -0.39 is 11.6 Å². The summed E-state index contributed by atoms with van der Waals surface area (Å²) in [6.45, 7) is 4.68. The molecule has 21 heavy (non-hydrogen) atoms. The van der Waals surface area contributed by atoms with Gasteiger partial charge >= 0.3 is 5.97 Å². The number of aryl methyl sites for hydroxylation is 1. The summed E-state index contributed by atoms with van der Waals surface area (Å²) >= 11 is 0. The fraction of sp³-hybridized carbons (Fsp3) is 0.588. The van der Waals surface area contributed by atoms with Gasteiger partial charge in [0.05, 0.1) is 11.5 Å². The Morgan fingerprint density at radius 3 is 2.57 bits per heavy atom. The van der Waals surface area contributed by atoms with Crippen molar-refractivity contribution in [3.05, 3.63) is 35.4 Å². The van der Waals surface area contributed by atoms with Crippen molar-refractivity contribution in [2.75, 3.05) is 6.54 Å². The topological polar surface area (TPSA) is 69.6 Å². The third-order valence-electron chi connectivity index (χ3n) is 4.66. The van der Waals surface area contributed by atoms with Gasteiger partial charge in [-0.05, 0) is 50.7 Å². The summed E-state index contributed by atoms with van der Waals surface area (Å²) in [5.74, 6) is -1.03. The molecule has 0 amide bonds. The standard InChI is InChI=1S/C17H25NO3/c1-12-5-3-4-6-15(12)13(2)18-11-17(21)9-7-14(8-10-17)16(19)20/h3-6,13-14,18,21H,7-11H2,1-2H3,(H,19,20)/t13-,14?,17?/m0/s1. The van der Waals surface area contributed by atoms with E-state index in [1.807, 2.05) is 12.1 Å². The second-order valence-corrected chi connectivity index (χ2v) is 6.30. The smallest absolute Gasteiger partial charge is 0.306 e. The molecule has 4 heteroatoms. The van der Waals surface area contributed by atoms with Gasteiger partial charge in [-0.2, -0.15) is 0 Å². The molecule has 0 spiro atoms. The normalized spacial score (nSPS) is 27.3. The number of aliphatic hydroxyl groups is 1. The third-order valence-corrected chi connectivity index (χ3v) is 4.66. The van der Waals surface area contributed by atoms with Gasteiger partial charge in [0.25, 0.3) is 0 Å². The molecule has 1 aromatic rings. The molecule has 3 N–H and O–H groups in total. The Bertz CT molecular complexity index is 493. The molecular weight excluding hydrogens is 266 g/mol.